The van der Waals surface area contributed by atoms with Crippen molar-refractivity contribution in [3.63, 3.8) is 0 Å². The maximum atomic E-state index is 12.0. The topological polar surface area (TPSA) is 47.6 Å². The molecule has 0 aliphatic heterocycles. The molecule has 1 N–H and O–H groups in total. The van der Waals surface area contributed by atoms with Crippen molar-refractivity contribution in [2.24, 2.45) is 0 Å². The average Bonchev–Trinajstić information content (AvgIpc) is 2.60. The second-order valence-corrected chi connectivity index (χ2v) is 5.77. The molecular formula is C20H25NO3. The van der Waals surface area contributed by atoms with Crippen molar-refractivity contribution in [2.45, 2.75) is 26.2 Å². The Bertz CT molecular complexity index is 682. The molecular weight excluding hydrogens is 302 g/mol. The van der Waals surface area contributed by atoms with Gasteiger partial charge in [0.2, 0.25) is 5.91 Å². The van der Waals surface area contributed by atoms with Gasteiger partial charge in [0.05, 0.1) is 14.2 Å². The summed E-state index contributed by atoms with van der Waals surface area (Å²) in [5, 5.41) is 2.98. The van der Waals surface area contributed by atoms with Gasteiger partial charge < -0.3 is 14.8 Å². The first kappa shape index (κ1) is 17.9. The van der Waals surface area contributed by atoms with Crippen LogP contribution in [0.1, 0.15) is 23.1 Å². The fraction of sp³-hybridized carbons (Fsp3) is 0.350. The average molecular weight is 327 g/mol. The lowest BCUT2D eigenvalue weighted by Crippen LogP contribution is -2.26. The number of nitrogens with one attached hydrogen (secondary N) is 1. The summed E-state index contributed by atoms with van der Waals surface area (Å²) in [4.78, 5) is 12.0. The van der Waals surface area contributed by atoms with E-state index in [-0.39, 0.29) is 5.91 Å². The first-order valence-electron chi connectivity index (χ1n) is 8.15. The minimum atomic E-state index is 0.0597. The van der Waals surface area contributed by atoms with Crippen LogP contribution in [-0.2, 0) is 17.6 Å². The molecule has 0 saturated carbocycles. The summed E-state index contributed by atoms with van der Waals surface area (Å²) in [7, 11) is 3.31. The molecule has 1 amide bonds. The zero-order valence-corrected chi connectivity index (χ0v) is 14.6. The van der Waals surface area contributed by atoms with Gasteiger partial charge in [-0.1, -0.05) is 29.8 Å². The van der Waals surface area contributed by atoms with Gasteiger partial charge in [-0.2, -0.15) is 0 Å². The van der Waals surface area contributed by atoms with Gasteiger partial charge in [0.15, 0.2) is 0 Å². The van der Waals surface area contributed by atoms with Crippen LogP contribution in [-0.4, -0.2) is 26.7 Å². The predicted octanol–water partition coefficient (Wildman–Crippen LogP) is 3.30. The van der Waals surface area contributed by atoms with Crippen LogP contribution in [0.5, 0.6) is 11.5 Å². The third kappa shape index (κ3) is 5.30. The molecule has 4 heteroatoms. The molecule has 2 rings (SSSR count). The Morgan fingerprint density at radius 3 is 2.62 bits per heavy atom. The minimum absolute atomic E-state index is 0.0597. The third-order valence-electron chi connectivity index (χ3n) is 3.93. The highest BCUT2D eigenvalue weighted by atomic mass is 16.5. The quantitative estimate of drug-likeness (QED) is 0.809. The first-order valence-corrected chi connectivity index (χ1v) is 8.15. The monoisotopic (exact) mass is 327 g/mol. The van der Waals surface area contributed by atoms with E-state index >= 15 is 0 Å². The van der Waals surface area contributed by atoms with Crippen LogP contribution in [0.25, 0.3) is 0 Å². The van der Waals surface area contributed by atoms with Crippen LogP contribution < -0.4 is 14.8 Å². The summed E-state index contributed by atoms with van der Waals surface area (Å²) in [6.45, 7) is 2.66. The summed E-state index contributed by atoms with van der Waals surface area (Å²) in [5.74, 6) is 1.75. The molecule has 0 unspecified atom stereocenters. The minimum Gasteiger partial charge on any atom is -0.497 e. The van der Waals surface area contributed by atoms with Crippen LogP contribution in [0.2, 0.25) is 0 Å². The molecule has 0 bridgehead atoms. The molecule has 24 heavy (non-hydrogen) atoms. The molecule has 0 aliphatic rings. The SMILES string of the molecule is COc1cccc(CCC(=O)NCCc2cc(C)ccc2OC)c1. The lowest BCUT2D eigenvalue weighted by Gasteiger charge is -2.10. The molecule has 0 saturated heterocycles. The lowest BCUT2D eigenvalue weighted by atomic mass is 10.1. The number of hydrogen-bond donors (Lipinski definition) is 1. The van der Waals surface area contributed by atoms with E-state index < -0.39 is 0 Å². The van der Waals surface area contributed by atoms with E-state index in [4.69, 9.17) is 9.47 Å². The zero-order chi connectivity index (χ0) is 17.4. The number of ether oxygens (including phenoxy) is 2. The van der Waals surface area contributed by atoms with Crippen molar-refractivity contribution in [2.75, 3.05) is 20.8 Å². The van der Waals surface area contributed by atoms with E-state index in [1.807, 2.05) is 36.4 Å². The summed E-state index contributed by atoms with van der Waals surface area (Å²) >= 11 is 0. The molecule has 0 aromatic heterocycles. The molecule has 2 aromatic rings. The Morgan fingerprint density at radius 2 is 1.88 bits per heavy atom. The normalized spacial score (nSPS) is 10.3. The van der Waals surface area contributed by atoms with E-state index in [1.54, 1.807) is 14.2 Å². The van der Waals surface area contributed by atoms with E-state index in [0.29, 0.717) is 19.4 Å². The first-order chi connectivity index (χ1) is 11.6. The summed E-state index contributed by atoms with van der Waals surface area (Å²) in [5.41, 5.74) is 3.41. The van der Waals surface area contributed by atoms with Crippen LogP contribution >= 0.6 is 0 Å². The summed E-state index contributed by atoms with van der Waals surface area (Å²) in [6, 6.07) is 13.9. The largest absolute Gasteiger partial charge is 0.497 e. The predicted molar refractivity (Wildman–Crippen MR) is 95.8 cm³/mol. The van der Waals surface area contributed by atoms with Gasteiger partial charge >= 0.3 is 0 Å². The fourth-order valence-electron chi connectivity index (χ4n) is 2.61. The van der Waals surface area contributed by atoms with Crippen molar-refractivity contribution in [1.29, 1.82) is 0 Å². The van der Waals surface area contributed by atoms with Crippen LogP contribution in [0.15, 0.2) is 42.5 Å². The van der Waals surface area contributed by atoms with E-state index in [9.17, 15) is 4.79 Å². The number of carbonyl (C=O) groups is 1. The summed E-state index contributed by atoms with van der Waals surface area (Å²) < 4.78 is 10.6. The maximum absolute atomic E-state index is 12.0. The van der Waals surface area contributed by atoms with E-state index in [0.717, 1.165) is 29.0 Å². The summed E-state index contributed by atoms with van der Waals surface area (Å²) in [6.07, 6.45) is 1.94. The van der Waals surface area contributed by atoms with Gasteiger partial charge in [-0.25, -0.2) is 0 Å². The third-order valence-corrected chi connectivity index (χ3v) is 3.93. The Balaban J connectivity index is 1.78. The number of methoxy groups -OCH3 is 2. The molecule has 0 atom stereocenters. The molecule has 4 nitrogen and oxygen atoms in total. The second-order valence-electron chi connectivity index (χ2n) is 5.77. The lowest BCUT2D eigenvalue weighted by molar-refractivity contribution is -0.121. The van der Waals surface area contributed by atoms with Crippen LogP contribution in [0.3, 0.4) is 0 Å². The molecule has 0 aliphatic carbocycles. The van der Waals surface area contributed by atoms with Gasteiger partial charge in [-0.3, -0.25) is 4.79 Å². The number of rotatable bonds is 8. The van der Waals surface area contributed by atoms with Gasteiger partial charge in [-0.05, 0) is 49.1 Å². The van der Waals surface area contributed by atoms with Crippen molar-refractivity contribution in [3.8, 4) is 11.5 Å². The van der Waals surface area contributed by atoms with Crippen molar-refractivity contribution in [1.82, 2.24) is 5.32 Å². The molecule has 0 fully saturated rings. The highest BCUT2D eigenvalue weighted by Crippen LogP contribution is 2.19. The molecule has 128 valence electrons. The number of benzene rings is 2. The van der Waals surface area contributed by atoms with Crippen LogP contribution in [0.4, 0.5) is 0 Å². The fourth-order valence-corrected chi connectivity index (χ4v) is 2.61. The van der Waals surface area contributed by atoms with Crippen LogP contribution in [0, 0.1) is 6.92 Å². The molecule has 0 heterocycles. The Morgan fingerprint density at radius 1 is 1.04 bits per heavy atom. The van der Waals surface area contributed by atoms with Gasteiger partial charge in [0.1, 0.15) is 11.5 Å². The zero-order valence-electron chi connectivity index (χ0n) is 14.6. The number of amides is 1. The Kier molecular flexibility index (Phi) is 6.67. The molecule has 2 aromatic carbocycles. The Labute approximate surface area is 143 Å². The highest BCUT2D eigenvalue weighted by Gasteiger charge is 2.06. The second kappa shape index (κ2) is 8.96. The number of carbonyl (C=O) groups excluding carboxylic acids is 1. The van der Waals surface area contributed by atoms with Gasteiger partial charge in [0, 0.05) is 13.0 Å². The van der Waals surface area contributed by atoms with Crippen molar-refractivity contribution >= 4 is 5.91 Å². The number of aryl methyl sites for hydroxylation is 2. The smallest absolute Gasteiger partial charge is 0.220 e. The molecule has 0 spiro atoms. The van der Waals surface area contributed by atoms with Crippen molar-refractivity contribution in [3.05, 3.63) is 59.2 Å². The van der Waals surface area contributed by atoms with Gasteiger partial charge in [-0.15, -0.1) is 0 Å². The van der Waals surface area contributed by atoms with E-state index in [2.05, 4.69) is 18.3 Å². The van der Waals surface area contributed by atoms with Gasteiger partial charge in [0.25, 0.3) is 0 Å². The maximum Gasteiger partial charge on any atom is 0.220 e. The highest BCUT2D eigenvalue weighted by molar-refractivity contribution is 5.76. The standard InChI is InChI=1S/C20H25NO3/c1-15-7-9-19(24-3)17(13-15)11-12-21-20(22)10-8-16-5-4-6-18(14-16)23-2/h4-7,9,13-14H,8,10-12H2,1-3H3,(H,21,22). The van der Waals surface area contributed by atoms with Crippen molar-refractivity contribution < 1.29 is 14.3 Å². The Hall–Kier alpha value is -2.49. The molecule has 0 radical (unpaired) electrons. The number of hydrogen-bond acceptors (Lipinski definition) is 3. The van der Waals surface area contributed by atoms with E-state index in [1.165, 1.54) is 5.56 Å².